The molecule has 0 saturated carbocycles. The largest absolute Gasteiger partial charge is 0.380 e. The van der Waals surface area contributed by atoms with Crippen molar-refractivity contribution in [3.8, 4) is 0 Å². The minimum Gasteiger partial charge on any atom is -0.380 e. The van der Waals surface area contributed by atoms with E-state index in [1.807, 2.05) is 24.3 Å². The molecule has 0 fully saturated rings. The number of amides is 1. The first-order valence-corrected chi connectivity index (χ1v) is 5.22. The zero-order chi connectivity index (χ0) is 11.3. The van der Waals surface area contributed by atoms with E-state index in [1.54, 1.807) is 14.0 Å². The van der Waals surface area contributed by atoms with Crippen molar-refractivity contribution in [1.82, 2.24) is 0 Å². The molecule has 82 valence electrons. The zero-order valence-electron chi connectivity index (χ0n) is 8.86. The molecule has 3 nitrogen and oxygen atoms in total. The Labute approximate surface area is 95.2 Å². The van der Waals surface area contributed by atoms with Gasteiger partial charge in [0, 0.05) is 18.4 Å². The summed E-state index contributed by atoms with van der Waals surface area (Å²) < 4.78 is 5.04. The second-order valence-electron chi connectivity index (χ2n) is 3.26. The van der Waals surface area contributed by atoms with Crippen LogP contribution in [-0.2, 0) is 16.1 Å². The maximum atomic E-state index is 11.4. The Morgan fingerprint density at radius 2 is 2.20 bits per heavy atom. The van der Waals surface area contributed by atoms with Crippen molar-refractivity contribution in [2.24, 2.45) is 0 Å². The SMILES string of the molecule is COCc1ccccc1NC(=O)C(C)S. The van der Waals surface area contributed by atoms with Crippen LogP contribution in [0.25, 0.3) is 0 Å². The van der Waals surface area contributed by atoms with Crippen molar-refractivity contribution < 1.29 is 9.53 Å². The Bertz CT molecular complexity index is 339. The quantitative estimate of drug-likeness (QED) is 0.770. The third kappa shape index (κ3) is 3.57. The molecule has 0 aliphatic heterocycles. The molecule has 0 saturated heterocycles. The number of anilines is 1. The standard InChI is InChI=1S/C11H15NO2S/c1-8(15)11(13)12-10-6-4-3-5-9(10)7-14-2/h3-6,8,15H,7H2,1-2H3,(H,12,13). The number of hydrogen-bond acceptors (Lipinski definition) is 3. The number of thiol groups is 1. The summed E-state index contributed by atoms with van der Waals surface area (Å²) >= 11 is 4.07. The molecule has 0 aliphatic rings. The van der Waals surface area contributed by atoms with Gasteiger partial charge >= 0.3 is 0 Å². The molecule has 0 radical (unpaired) electrons. The lowest BCUT2D eigenvalue weighted by Gasteiger charge is -2.11. The molecule has 1 aromatic rings. The van der Waals surface area contributed by atoms with Gasteiger partial charge in [0.15, 0.2) is 0 Å². The number of rotatable bonds is 4. The summed E-state index contributed by atoms with van der Waals surface area (Å²) in [5.41, 5.74) is 1.74. The molecule has 0 spiro atoms. The Kier molecular flexibility index (Phi) is 4.65. The predicted molar refractivity (Wildman–Crippen MR) is 64.2 cm³/mol. The van der Waals surface area contributed by atoms with Crippen molar-refractivity contribution in [1.29, 1.82) is 0 Å². The minimum absolute atomic E-state index is 0.109. The lowest BCUT2D eigenvalue weighted by Crippen LogP contribution is -2.21. The smallest absolute Gasteiger partial charge is 0.236 e. The average Bonchev–Trinajstić information content (AvgIpc) is 2.21. The first kappa shape index (κ1) is 12.1. The third-order valence-electron chi connectivity index (χ3n) is 1.95. The predicted octanol–water partition coefficient (Wildman–Crippen LogP) is 2.09. The van der Waals surface area contributed by atoms with Crippen LogP contribution in [0.5, 0.6) is 0 Å². The molecule has 0 bridgehead atoms. The summed E-state index contributed by atoms with van der Waals surface area (Å²) in [5, 5.41) is 2.48. The van der Waals surface area contributed by atoms with Gasteiger partial charge in [0.25, 0.3) is 0 Å². The first-order valence-electron chi connectivity index (χ1n) is 4.71. The molecule has 0 aliphatic carbocycles. The van der Waals surface area contributed by atoms with Gasteiger partial charge in [-0.2, -0.15) is 12.6 Å². The molecule has 1 atom stereocenters. The van der Waals surface area contributed by atoms with E-state index in [9.17, 15) is 4.79 Å². The fourth-order valence-electron chi connectivity index (χ4n) is 1.16. The van der Waals surface area contributed by atoms with E-state index >= 15 is 0 Å². The molecule has 1 amide bonds. The van der Waals surface area contributed by atoms with Crippen LogP contribution in [0.2, 0.25) is 0 Å². The van der Waals surface area contributed by atoms with Crippen LogP contribution in [0.3, 0.4) is 0 Å². The number of methoxy groups -OCH3 is 1. The van der Waals surface area contributed by atoms with E-state index in [4.69, 9.17) is 4.74 Å². The van der Waals surface area contributed by atoms with Crippen LogP contribution in [0, 0.1) is 0 Å². The van der Waals surface area contributed by atoms with Gasteiger partial charge in [0.1, 0.15) is 0 Å². The summed E-state index contributed by atoms with van der Waals surface area (Å²) in [7, 11) is 1.62. The van der Waals surface area contributed by atoms with Crippen molar-refractivity contribution in [3.05, 3.63) is 29.8 Å². The van der Waals surface area contributed by atoms with Crippen LogP contribution in [-0.4, -0.2) is 18.3 Å². The highest BCUT2D eigenvalue weighted by Gasteiger charge is 2.09. The first-order chi connectivity index (χ1) is 7.15. The van der Waals surface area contributed by atoms with Gasteiger partial charge in [-0.15, -0.1) is 0 Å². The summed E-state index contributed by atoms with van der Waals surface area (Å²) in [6.45, 7) is 2.22. The molecule has 4 heteroatoms. The van der Waals surface area contributed by atoms with Crippen LogP contribution in [0.15, 0.2) is 24.3 Å². The van der Waals surface area contributed by atoms with Crippen molar-refractivity contribution in [2.75, 3.05) is 12.4 Å². The highest BCUT2D eigenvalue weighted by Crippen LogP contribution is 2.16. The van der Waals surface area contributed by atoms with Gasteiger partial charge in [0.2, 0.25) is 5.91 Å². The van der Waals surface area contributed by atoms with E-state index in [1.165, 1.54) is 0 Å². The number of benzene rings is 1. The third-order valence-corrected chi connectivity index (χ3v) is 2.19. The maximum absolute atomic E-state index is 11.4. The highest BCUT2D eigenvalue weighted by atomic mass is 32.1. The lowest BCUT2D eigenvalue weighted by atomic mass is 10.2. The molecule has 1 rings (SSSR count). The van der Waals surface area contributed by atoms with E-state index in [0.29, 0.717) is 6.61 Å². The average molecular weight is 225 g/mol. The minimum atomic E-state index is -0.319. The van der Waals surface area contributed by atoms with E-state index < -0.39 is 0 Å². The number of hydrogen-bond donors (Lipinski definition) is 2. The summed E-state index contributed by atoms with van der Waals surface area (Å²) in [4.78, 5) is 11.4. The number of carbonyl (C=O) groups is 1. The van der Waals surface area contributed by atoms with Crippen LogP contribution in [0.4, 0.5) is 5.69 Å². The van der Waals surface area contributed by atoms with Gasteiger partial charge in [-0.1, -0.05) is 18.2 Å². The monoisotopic (exact) mass is 225 g/mol. The van der Waals surface area contributed by atoms with Gasteiger partial charge in [-0.05, 0) is 13.0 Å². The van der Waals surface area contributed by atoms with Gasteiger partial charge in [-0.3, -0.25) is 4.79 Å². The van der Waals surface area contributed by atoms with Crippen LogP contribution < -0.4 is 5.32 Å². The second-order valence-corrected chi connectivity index (χ2v) is 4.03. The number of carbonyl (C=O) groups excluding carboxylic acids is 1. The molecule has 15 heavy (non-hydrogen) atoms. The molecule has 0 aromatic heterocycles. The normalized spacial score (nSPS) is 12.2. The fraction of sp³-hybridized carbons (Fsp3) is 0.364. The topological polar surface area (TPSA) is 38.3 Å². The Balaban J connectivity index is 2.79. The van der Waals surface area contributed by atoms with E-state index in [2.05, 4.69) is 17.9 Å². The fourth-order valence-corrected chi connectivity index (χ4v) is 1.23. The molecule has 1 N–H and O–H groups in total. The van der Waals surface area contributed by atoms with Gasteiger partial charge < -0.3 is 10.1 Å². The van der Waals surface area contributed by atoms with Crippen LogP contribution >= 0.6 is 12.6 Å². The Hall–Kier alpha value is -1.000. The van der Waals surface area contributed by atoms with Crippen molar-refractivity contribution in [2.45, 2.75) is 18.8 Å². The highest BCUT2D eigenvalue weighted by molar-refractivity contribution is 7.81. The molecular weight excluding hydrogens is 210 g/mol. The van der Waals surface area contributed by atoms with E-state index in [-0.39, 0.29) is 11.2 Å². The second kappa shape index (κ2) is 5.78. The molecule has 0 heterocycles. The summed E-state index contributed by atoms with van der Waals surface area (Å²) in [6.07, 6.45) is 0. The van der Waals surface area contributed by atoms with Crippen molar-refractivity contribution >= 4 is 24.2 Å². The van der Waals surface area contributed by atoms with E-state index in [0.717, 1.165) is 11.3 Å². The Morgan fingerprint density at radius 1 is 1.53 bits per heavy atom. The zero-order valence-corrected chi connectivity index (χ0v) is 9.75. The van der Waals surface area contributed by atoms with Crippen molar-refractivity contribution in [3.63, 3.8) is 0 Å². The Morgan fingerprint density at radius 3 is 2.80 bits per heavy atom. The van der Waals surface area contributed by atoms with Gasteiger partial charge in [-0.25, -0.2) is 0 Å². The number of para-hydroxylation sites is 1. The number of nitrogens with one attached hydrogen (secondary N) is 1. The molecule has 1 unspecified atom stereocenters. The lowest BCUT2D eigenvalue weighted by molar-refractivity contribution is -0.115. The number of ether oxygens (including phenoxy) is 1. The summed E-state index contributed by atoms with van der Waals surface area (Å²) in [6, 6.07) is 7.55. The molecule has 1 aromatic carbocycles. The van der Waals surface area contributed by atoms with Crippen LogP contribution in [0.1, 0.15) is 12.5 Å². The molecular formula is C11H15NO2S. The van der Waals surface area contributed by atoms with Gasteiger partial charge in [0.05, 0.1) is 11.9 Å². The maximum Gasteiger partial charge on any atom is 0.236 e. The summed E-state index contributed by atoms with van der Waals surface area (Å²) in [5.74, 6) is -0.109.